The van der Waals surface area contributed by atoms with E-state index < -0.39 is 28.0 Å². The summed E-state index contributed by atoms with van der Waals surface area (Å²) >= 11 is 0. The molecule has 0 spiro atoms. The minimum Gasteiger partial charge on any atom is -0.466 e. The summed E-state index contributed by atoms with van der Waals surface area (Å²) in [6.45, 7) is 1.79. The number of halogens is 1. The number of ether oxygens (including phenoxy) is 1. The normalized spacial score (nSPS) is 9.61. The van der Waals surface area contributed by atoms with Crippen LogP contribution in [-0.4, -0.2) is 17.5 Å². The number of hydrogen-bond donors (Lipinski definition) is 0. The van der Waals surface area contributed by atoms with Crippen molar-refractivity contribution < 1.29 is 18.8 Å². The van der Waals surface area contributed by atoms with Crippen molar-refractivity contribution in [2.45, 2.75) is 13.3 Å². The van der Waals surface area contributed by atoms with E-state index in [9.17, 15) is 19.3 Å². The van der Waals surface area contributed by atoms with Crippen molar-refractivity contribution in [3.8, 4) is 6.07 Å². The average molecular weight is 252 g/mol. The van der Waals surface area contributed by atoms with E-state index in [1.807, 2.05) is 0 Å². The molecule has 0 fully saturated rings. The molecule has 1 rings (SSSR count). The molecule has 0 aliphatic rings. The molecule has 0 radical (unpaired) electrons. The van der Waals surface area contributed by atoms with E-state index >= 15 is 0 Å². The molecular formula is C11H9FN2O4. The Hall–Kier alpha value is -2.49. The van der Waals surface area contributed by atoms with Gasteiger partial charge >= 0.3 is 11.7 Å². The Balaban J connectivity index is 3.15. The van der Waals surface area contributed by atoms with Crippen molar-refractivity contribution in [2.75, 3.05) is 6.61 Å². The van der Waals surface area contributed by atoms with E-state index in [-0.39, 0.29) is 18.6 Å². The van der Waals surface area contributed by atoms with Gasteiger partial charge < -0.3 is 4.74 Å². The highest BCUT2D eigenvalue weighted by Crippen LogP contribution is 2.23. The topological polar surface area (TPSA) is 93.2 Å². The number of nitro groups is 1. The summed E-state index contributed by atoms with van der Waals surface area (Å²) in [5.74, 6) is -1.79. The van der Waals surface area contributed by atoms with Gasteiger partial charge in [0.2, 0.25) is 5.82 Å². The first-order valence-corrected chi connectivity index (χ1v) is 5.02. The SMILES string of the molecule is CCOC(=O)Cc1cc(C#N)c(F)c([N+](=O)[O-])c1. The number of carbonyl (C=O) groups excluding carboxylic acids is 1. The maximum atomic E-state index is 13.4. The van der Waals surface area contributed by atoms with Crippen LogP contribution in [0.25, 0.3) is 0 Å². The molecule has 0 bridgehead atoms. The van der Waals surface area contributed by atoms with Gasteiger partial charge in [-0.15, -0.1) is 0 Å². The fourth-order valence-electron chi connectivity index (χ4n) is 1.36. The van der Waals surface area contributed by atoms with Gasteiger partial charge in [0.25, 0.3) is 0 Å². The molecule has 0 atom stereocenters. The zero-order valence-corrected chi connectivity index (χ0v) is 9.47. The number of nitro benzene ring substituents is 1. The number of hydrogen-bond acceptors (Lipinski definition) is 5. The van der Waals surface area contributed by atoms with Gasteiger partial charge in [-0.05, 0) is 18.6 Å². The molecule has 6 nitrogen and oxygen atoms in total. The van der Waals surface area contributed by atoms with Crippen LogP contribution in [0.3, 0.4) is 0 Å². The zero-order valence-electron chi connectivity index (χ0n) is 9.47. The number of benzene rings is 1. The molecule has 0 aliphatic carbocycles. The quantitative estimate of drug-likeness (QED) is 0.462. The predicted molar refractivity (Wildman–Crippen MR) is 58.1 cm³/mol. The first-order chi connectivity index (χ1) is 8.49. The van der Waals surface area contributed by atoms with Gasteiger partial charge in [0, 0.05) is 6.07 Å². The largest absolute Gasteiger partial charge is 0.466 e. The van der Waals surface area contributed by atoms with Crippen LogP contribution in [0.5, 0.6) is 0 Å². The fourth-order valence-corrected chi connectivity index (χ4v) is 1.36. The minimum absolute atomic E-state index is 0.165. The van der Waals surface area contributed by atoms with Crippen molar-refractivity contribution in [3.63, 3.8) is 0 Å². The molecule has 7 heteroatoms. The van der Waals surface area contributed by atoms with Crippen molar-refractivity contribution in [2.24, 2.45) is 0 Å². The van der Waals surface area contributed by atoms with Crippen LogP contribution in [0.15, 0.2) is 12.1 Å². The van der Waals surface area contributed by atoms with E-state index in [1.54, 1.807) is 6.92 Å². The van der Waals surface area contributed by atoms with Gasteiger partial charge in [-0.3, -0.25) is 14.9 Å². The Kier molecular flexibility index (Phi) is 4.32. The Morgan fingerprint density at radius 2 is 2.28 bits per heavy atom. The molecule has 1 aromatic rings. The Morgan fingerprint density at radius 1 is 1.61 bits per heavy atom. The smallest absolute Gasteiger partial charge is 0.310 e. The molecule has 18 heavy (non-hydrogen) atoms. The van der Waals surface area contributed by atoms with E-state index in [4.69, 9.17) is 5.26 Å². The lowest BCUT2D eigenvalue weighted by molar-refractivity contribution is -0.387. The van der Waals surface area contributed by atoms with Crippen LogP contribution < -0.4 is 0 Å². The lowest BCUT2D eigenvalue weighted by atomic mass is 10.1. The molecule has 0 aromatic heterocycles. The third-order valence-electron chi connectivity index (χ3n) is 2.08. The first-order valence-electron chi connectivity index (χ1n) is 5.02. The highest BCUT2D eigenvalue weighted by Gasteiger charge is 2.20. The maximum absolute atomic E-state index is 13.4. The monoisotopic (exact) mass is 252 g/mol. The Bertz CT molecular complexity index is 537. The predicted octanol–water partition coefficient (Wildman–Crippen LogP) is 1.71. The third-order valence-corrected chi connectivity index (χ3v) is 2.08. The van der Waals surface area contributed by atoms with Crippen LogP contribution in [0.2, 0.25) is 0 Å². The molecule has 0 aliphatic heterocycles. The summed E-state index contributed by atoms with van der Waals surface area (Å²) in [5, 5.41) is 19.3. The van der Waals surface area contributed by atoms with Crippen LogP contribution in [-0.2, 0) is 16.0 Å². The number of carbonyl (C=O) groups is 1. The second-order valence-electron chi connectivity index (χ2n) is 3.33. The van der Waals surface area contributed by atoms with E-state index in [1.165, 1.54) is 6.07 Å². The highest BCUT2D eigenvalue weighted by molar-refractivity contribution is 5.73. The van der Waals surface area contributed by atoms with Crippen LogP contribution in [0.1, 0.15) is 18.1 Å². The van der Waals surface area contributed by atoms with Gasteiger partial charge in [0.05, 0.1) is 23.5 Å². The summed E-state index contributed by atoms with van der Waals surface area (Å²) < 4.78 is 18.1. The number of nitrogens with zero attached hydrogens (tertiary/aromatic N) is 2. The summed E-state index contributed by atoms with van der Waals surface area (Å²) in [5.41, 5.74) is -1.13. The Labute approximate surface area is 102 Å². The molecule has 0 heterocycles. The molecule has 1 aromatic carbocycles. The van der Waals surface area contributed by atoms with Crippen molar-refractivity contribution in [3.05, 3.63) is 39.2 Å². The van der Waals surface area contributed by atoms with Crippen LogP contribution in [0, 0.1) is 27.3 Å². The summed E-state index contributed by atoms with van der Waals surface area (Å²) in [6.07, 6.45) is -0.246. The molecular weight excluding hydrogens is 243 g/mol. The number of nitriles is 1. The molecule has 0 unspecified atom stereocenters. The fraction of sp³-hybridized carbons (Fsp3) is 0.273. The molecule has 0 amide bonds. The lowest BCUT2D eigenvalue weighted by Gasteiger charge is -2.03. The summed E-state index contributed by atoms with van der Waals surface area (Å²) in [7, 11) is 0. The summed E-state index contributed by atoms with van der Waals surface area (Å²) in [6, 6.07) is 3.52. The lowest BCUT2D eigenvalue weighted by Crippen LogP contribution is -2.08. The van der Waals surface area contributed by atoms with Gasteiger partial charge in [-0.25, -0.2) is 0 Å². The second-order valence-corrected chi connectivity index (χ2v) is 3.33. The highest BCUT2D eigenvalue weighted by atomic mass is 19.1. The third kappa shape index (κ3) is 3.01. The van der Waals surface area contributed by atoms with Gasteiger partial charge in [0.15, 0.2) is 0 Å². The van der Waals surface area contributed by atoms with E-state index in [0.717, 1.165) is 12.1 Å². The van der Waals surface area contributed by atoms with Gasteiger partial charge in [0.1, 0.15) is 6.07 Å². The zero-order chi connectivity index (χ0) is 13.7. The minimum atomic E-state index is -1.20. The second kappa shape index (κ2) is 5.72. The molecule has 0 saturated carbocycles. The number of rotatable bonds is 4. The van der Waals surface area contributed by atoms with Crippen LogP contribution >= 0.6 is 0 Å². The average Bonchev–Trinajstić information content (AvgIpc) is 2.31. The van der Waals surface area contributed by atoms with Gasteiger partial charge in [-0.1, -0.05) is 0 Å². The van der Waals surface area contributed by atoms with Gasteiger partial charge in [-0.2, -0.15) is 9.65 Å². The van der Waals surface area contributed by atoms with Crippen molar-refractivity contribution in [1.82, 2.24) is 0 Å². The maximum Gasteiger partial charge on any atom is 0.310 e. The Morgan fingerprint density at radius 3 is 2.78 bits per heavy atom. The standard InChI is InChI=1S/C11H9FN2O4/c1-2-18-10(15)5-7-3-8(6-13)11(12)9(4-7)14(16)17/h3-4H,2,5H2,1H3. The molecule has 0 saturated heterocycles. The first kappa shape index (κ1) is 13.6. The van der Waals surface area contributed by atoms with E-state index in [2.05, 4.69) is 4.74 Å². The molecule has 0 N–H and O–H groups in total. The van der Waals surface area contributed by atoms with Crippen molar-refractivity contribution in [1.29, 1.82) is 5.26 Å². The van der Waals surface area contributed by atoms with Crippen LogP contribution in [0.4, 0.5) is 10.1 Å². The number of esters is 1. The van der Waals surface area contributed by atoms with Crippen molar-refractivity contribution >= 4 is 11.7 Å². The molecule has 94 valence electrons. The summed E-state index contributed by atoms with van der Waals surface area (Å²) in [4.78, 5) is 20.9. The van der Waals surface area contributed by atoms with E-state index in [0.29, 0.717) is 0 Å².